The number of anilines is 2. The summed E-state index contributed by atoms with van der Waals surface area (Å²) in [5, 5.41) is 3.18. The highest BCUT2D eigenvalue weighted by Crippen LogP contribution is 2.10. The van der Waals surface area contributed by atoms with Gasteiger partial charge in [0.1, 0.15) is 0 Å². The van der Waals surface area contributed by atoms with Crippen molar-refractivity contribution < 1.29 is 0 Å². The Labute approximate surface area is 77.6 Å². The van der Waals surface area contributed by atoms with E-state index in [0.717, 1.165) is 24.3 Å². The van der Waals surface area contributed by atoms with Gasteiger partial charge in [-0.3, -0.25) is 0 Å². The molecule has 1 rings (SSSR count). The van der Waals surface area contributed by atoms with E-state index < -0.39 is 0 Å². The molecular formula is C8H15N5. The maximum absolute atomic E-state index is 5.41. The SMILES string of the molecule is Cc1nc(N)ncc1NCCCN. The lowest BCUT2D eigenvalue weighted by Gasteiger charge is -2.07. The Kier molecular flexibility index (Phi) is 3.45. The predicted molar refractivity (Wildman–Crippen MR) is 53.3 cm³/mol. The molecule has 0 fully saturated rings. The third-order valence-electron chi connectivity index (χ3n) is 1.69. The summed E-state index contributed by atoms with van der Waals surface area (Å²) in [4.78, 5) is 7.92. The third kappa shape index (κ3) is 2.87. The molecule has 0 saturated heterocycles. The van der Waals surface area contributed by atoms with Crippen LogP contribution in [0.2, 0.25) is 0 Å². The quantitative estimate of drug-likeness (QED) is 0.574. The van der Waals surface area contributed by atoms with E-state index in [1.54, 1.807) is 6.20 Å². The Morgan fingerprint density at radius 2 is 2.31 bits per heavy atom. The highest BCUT2D eigenvalue weighted by Gasteiger charge is 1.99. The fraction of sp³-hybridized carbons (Fsp3) is 0.500. The topological polar surface area (TPSA) is 89.8 Å². The van der Waals surface area contributed by atoms with Crippen LogP contribution in [0.5, 0.6) is 0 Å². The van der Waals surface area contributed by atoms with E-state index in [2.05, 4.69) is 15.3 Å². The van der Waals surface area contributed by atoms with Gasteiger partial charge < -0.3 is 16.8 Å². The van der Waals surface area contributed by atoms with Crippen molar-refractivity contribution in [1.29, 1.82) is 0 Å². The normalized spacial score (nSPS) is 10.0. The van der Waals surface area contributed by atoms with Gasteiger partial charge in [-0.25, -0.2) is 9.97 Å². The first-order valence-electron chi connectivity index (χ1n) is 4.27. The molecule has 0 aromatic carbocycles. The lowest BCUT2D eigenvalue weighted by atomic mass is 10.3. The Morgan fingerprint density at radius 1 is 1.54 bits per heavy atom. The molecule has 0 amide bonds. The average molecular weight is 181 g/mol. The summed E-state index contributed by atoms with van der Waals surface area (Å²) in [6.07, 6.45) is 2.62. The summed E-state index contributed by atoms with van der Waals surface area (Å²) in [5.41, 5.74) is 12.6. The van der Waals surface area contributed by atoms with Crippen molar-refractivity contribution >= 4 is 11.6 Å². The van der Waals surface area contributed by atoms with Crippen LogP contribution in [0.4, 0.5) is 11.6 Å². The Morgan fingerprint density at radius 3 is 2.92 bits per heavy atom. The highest BCUT2D eigenvalue weighted by atomic mass is 15.0. The van der Waals surface area contributed by atoms with Crippen molar-refractivity contribution in [2.24, 2.45) is 5.73 Å². The first-order chi connectivity index (χ1) is 6.24. The second-order valence-electron chi connectivity index (χ2n) is 2.80. The van der Waals surface area contributed by atoms with Crippen LogP contribution < -0.4 is 16.8 Å². The molecule has 1 aromatic rings. The molecule has 5 N–H and O–H groups in total. The largest absolute Gasteiger partial charge is 0.382 e. The van der Waals surface area contributed by atoms with E-state index in [0.29, 0.717) is 12.5 Å². The zero-order chi connectivity index (χ0) is 9.68. The van der Waals surface area contributed by atoms with E-state index in [1.807, 2.05) is 6.92 Å². The van der Waals surface area contributed by atoms with Crippen molar-refractivity contribution in [2.45, 2.75) is 13.3 Å². The van der Waals surface area contributed by atoms with E-state index in [9.17, 15) is 0 Å². The van der Waals surface area contributed by atoms with Gasteiger partial charge in [0.15, 0.2) is 0 Å². The molecule has 1 aromatic heterocycles. The minimum Gasteiger partial charge on any atom is -0.382 e. The first-order valence-corrected chi connectivity index (χ1v) is 4.27. The van der Waals surface area contributed by atoms with E-state index in [1.165, 1.54) is 0 Å². The molecular weight excluding hydrogens is 166 g/mol. The summed E-state index contributed by atoms with van der Waals surface area (Å²) in [5.74, 6) is 0.307. The second-order valence-corrected chi connectivity index (χ2v) is 2.80. The minimum atomic E-state index is 0.307. The number of nitrogens with two attached hydrogens (primary N) is 2. The Hall–Kier alpha value is -1.36. The number of nitrogens with one attached hydrogen (secondary N) is 1. The van der Waals surface area contributed by atoms with Gasteiger partial charge >= 0.3 is 0 Å². The lowest BCUT2D eigenvalue weighted by Crippen LogP contribution is -2.10. The number of aryl methyl sites for hydroxylation is 1. The number of nitrogens with zero attached hydrogens (tertiary/aromatic N) is 2. The third-order valence-corrected chi connectivity index (χ3v) is 1.69. The van der Waals surface area contributed by atoms with Crippen molar-refractivity contribution in [3.05, 3.63) is 11.9 Å². The molecule has 0 saturated carbocycles. The van der Waals surface area contributed by atoms with Crippen molar-refractivity contribution in [3.8, 4) is 0 Å². The molecule has 1 heterocycles. The molecule has 72 valence electrons. The van der Waals surface area contributed by atoms with Crippen LogP contribution in [0, 0.1) is 6.92 Å². The van der Waals surface area contributed by atoms with Gasteiger partial charge in [0, 0.05) is 6.54 Å². The van der Waals surface area contributed by atoms with Crippen LogP contribution in [0.25, 0.3) is 0 Å². The molecule has 5 heteroatoms. The standard InChI is InChI=1S/C8H15N5/c1-6-7(11-4-2-3-9)5-12-8(10)13-6/h5,11H,2-4,9H2,1H3,(H2,10,12,13). The van der Waals surface area contributed by atoms with Crippen LogP contribution in [-0.4, -0.2) is 23.1 Å². The Balaban J connectivity index is 2.56. The fourth-order valence-corrected chi connectivity index (χ4v) is 0.984. The molecule has 0 aliphatic heterocycles. The van der Waals surface area contributed by atoms with Gasteiger partial charge in [-0.05, 0) is 19.9 Å². The van der Waals surface area contributed by atoms with E-state index in [4.69, 9.17) is 11.5 Å². The number of rotatable bonds is 4. The second kappa shape index (κ2) is 4.61. The zero-order valence-electron chi connectivity index (χ0n) is 7.75. The highest BCUT2D eigenvalue weighted by molar-refractivity contribution is 5.46. The molecule has 0 radical (unpaired) electrons. The van der Waals surface area contributed by atoms with Gasteiger partial charge in [-0.15, -0.1) is 0 Å². The summed E-state index contributed by atoms with van der Waals surface area (Å²) in [6.45, 7) is 3.41. The number of nitrogen functional groups attached to an aromatic ring is 1. The zero-order valence-corrected chi connectivity index (χ0v) is 7.75. The minimum absolute atomic E-state index is 0.307. The molecule has 0 aliphatic rings. The number of hydrogen-bond donors (Lipinski definition) is 3. The molecule has 0 spiro atoms. The molecule has 0 atom stereocenters. The van der Waals surface area contributed by atoms with Crippen LogP contribution in [0.15, 0.2) is 6.20 Å². The smallest absolute Gasteiger partial charge is 0.220 e. The first kappa shape index (κ1) is 9.73. The van der Waals surface area contributed by atoms with E-state index >= 15 is 0 Å². The van der Waals surface area contributed by atoms with Crippen LogP contribution >= 0.6 is 0 Å². The Bertz CT molecular complexity index is 273. The maximum Gasteiger partial charge on any atom is 0.220 e. The summed E-state index contributed by atoms with van der Waals surface area (Å²) < 4.78 is 0. The van der Waals surface area contributed by atoms with Crippen LogP contribution in [-0.2, 0) is 0 Å². The van der Waals surface area contributed by atoms with Gasteiger partial charge in [-0.2, -0.15) is 0 Å². The van der Waals surface area contributed by atoms with Crippen molar-refractivity contribution in [2.75, 3.05) is 24.1 Å². The predicted octanol–water partition coefficient (Wildman–Crippen LogP) is 0.128. The van der Waals surface area contributed by atoms with E-state index in [-0.39, 0.29) is 0 Å². The van der Waals surface area contributed by atoms with Gasteiger partial charge in [0.25, 0.3) is 0 Å². The lowest BCUT2D eigenvalue weighted by molar-refractivity contribution is 0.871. The van der Waals surface area contributed by atoms with Gasteiger partial charge in [0.05, 0.1) is 17.6 Å². The van der Waals surface area contributed by atoms with Gasteiger partial charge in [-0.1, -0.05) is 0 Å². The summed E-state index contributed by atoms with van der Waals surface area (Å²) in [6, 6.07) is 0. The monoisotopic (exact) mass is 181 g/mol. The van der Waals surface area contributed by atoms with Crippen LogP contribution in [0.1, 0.15) is 12.1 Å². The van der Waals surface area contributed by atoms with Crippen molar-refractivity contribution in [1.82, 2.24) is 9.97 Å². The molecule has 0 bridgehead atoms. The maximum atomic E-state index is 5.41. The molecule has 5 nitrogen and oxygen atoms in total. The molecule has 0 unspecified atom stereocenters. The molecule has 0 aliphatic carbocycles. The average Bonchev–Trinajstić information content (AvgIpc) is 2.09. The van der Waals surface area contributed by atoms with Gasteiger partial charge in [0.2, 0.25) is 5.95 Å². The fourth-order valence-electron chi connectivity index (χ4n) is 0.984. The number of aromatic nitrogens is 2. The van der Waals surface area contributed by atoms with Crippen molar-refractivity contribution in [3.63, 3.8) is 0 Å². The molecule has 13 heavy (non-hydrogen) atoms. The summed E-state index contributed by atoms with van der Waals surface area (Å²) >= 11 is 0. The van der Waals surface area contributed by atoms with Crippen LogP contribution in [0.3, 0.4) is 0 Å². The number of hydrogen-bond acceptors (Lipinski definition) is 5. The summed E-state index contributed by atoms with van der Waals surface area (Å²) in [7, 11) is 0.